The Labute approximate surface area is 148 Å². The molecular formula is C17H16N8O. The van der Waals surface area contributed by atoms with E-state index >= 15 is 0 Å². The van der Waals surface area contributed by atoms with Gasteiger partial charge in [-0.15, -0.1) is 0 Å². The van der Waals surface area contributed by atoms with Crippen LogP contribution in [-0.4, -0.2) is 34.7 Å². The van der Waals surface area contributed by atoms with Crippen molar-refractivity contribution in [2.24, 2.45) is 7.05 Å². The normalized spacial score (nSPS) is 11.0. The Morgan fingerprint density at radius 1 is 1.23 bits per heavy atom. The Morgan fingerprint density at radius 3 is 2.88 bits per heavy atom. The minimum atomic E-state index is -0.198. The van der Waals surface area contributed by atoms with Crippen LogP contribution >= 0.6 is 0 Å². The maximum Gasteiger partial charge on any atom is 0.250 e. The van der Waals surface area contributed by atoms with Crippen molar-refractivity contribution in [3.05, 3.63) is 58.5 Å². The first-order valence-electron chi connectivity index (χ1n) is 8.02. The van der Waals surface area contributed by atoms with E-state index in [9.17, 15) is 4.79 Å². The van der Waals surface area contributed by atoms with Gasteiger partial charge in [0.15, 0.2) is 11.5 Å². The van der Waals surface area contributed by atoms with Crippen molar-refractivity contribution in [2.75, 3.05) is 5.32 Å². The van der Waals surface area contributed by atoms with Gasteiger partial charge in [0.25, 0.3) is 5.56 Å². The minimum absolute atomic E-state index is 0.198. The molecular weight excluding hydrogens is 332 g/mol. The van der Waals surface area contributed by atoms with Crippen LogP contribution in [0.5, 0.6) is 0 Å². The first-order chi connectivity index (χ1) is 12.6. The monoisotopic (exact) mass is 348 g/mol. The second kappa shape index (κ2) is 6.36. The SMILES string of the molecule is Cc1nn(C)c2nc(-c3ccccn3)nc(NCc3cc(=O)[nH]cn3)c12. The number of rotatable bonds is 4. The predicted octanol–water partition coefficient (Wildman–Crippen LogP) is 1.43. The third kappa shape index (κ3) is 2.90. The number of aryl methyl sites for hydroxylation is 2. The number of nitrogens with one attached hydrogen (secondary N) is 2. The summed E-state index contributed by atoms with van der Waals surface area (Å²) in [6.07, 6.45) is 3.08. The van der Waals surface area contributed by atoms with Crippen molar-refractivity contribution >= 4 is 16.9 Å². The molecule has 26 heavy (non-hydrogen) atoms. The minimum Gasteiger partial charge on any atom is -0.364 e. The lowest BCUT2D eigenvalue weighted by Crippen LogP contribution is -2.11. The maximum absolute atomic E-state index is 11.4. The Balaban J connectivity index is 1.80. The second-order valence-corrected chi connectivity index (χ2v) is 5.77. The van der Waals surface area contributed by atoms with Crippen molar-refractivity contribution in [3.63, 3.8) is 0 Å². The number of pyridine rings is 1. The van der Waals surface area contributed by atoms with Crippen LogP contribution in [0.1, 0.15) is 11.4 Å². The van der Waals surface area contributed by atoms with E-state index < -0.39 is 0 Å². The highest BCUT2D eigenvalue weighted by molar-refractivity contribution is 5.90. The van der Waals surface area contributed by atoms with Gasteiger partial charge in [-0.05, 0) is 19.1 Å². The average Bonchev–Trinajstić information content (AvgIpc) is 2.95. The highest BCUT2D eigenvalue weighted by Crippen LogP contribution is 2.26. The summed E-state index contributed by atoms with van der Waals surface area (Å²) < 4.78 is 1.72. The van der Waals surface area contributed by atoms with Crippen LogP contribution in [0.25, 0.3) is 22.6 Å². The number of aromatic nitrogens is 7. The maximum atomic E-state index is 11.4. The van der Waals surface area contributed by atoms with Gasteiger partial charge in [-0.3, -0.25) is 14.5 Å². The fourth-order valence-corrected chi connectivity index (χ4v) is 2.76. The van der Waals surface area contributed by atoms with Crippen LogP contribution < -0.4 is 10.9 Å². The molecule has 9 nitrogen and oxygen atoms in total. The summed E-state index contributed by atoms with van der Waals surface area (Å²) in [5.74, 6) is 1.13. The number of hydrogen-bond acceptors (Lipinski definition) is 7. The Hall–Kier alpha value is -3.62. The van der Waals surface area contributed by atoms with Gasteiger partial charge in [-0.1, -0.05) is 6.07 Å². The lowest BCUT2D eigenvalue weighted by Gasteiger charge is -2.09. The first kappa shape index (κ1) is 15.9. The van der Waals surface area contributed by atoms with Crippen molar-refractivity contribution in [1.82, 2.24) is 34.7 Å². The van der Waals surface area contributed by atoms with Gasteiger partial charge >= 0.3 is 0 Å². The molecule has 130 valence electrons. The molecule has 0 aromatic carbocycles. The van der Waals surface area contributed by atoms with E-state index in [2.05, 4.69) is 35.3 Å². The molecule has 0 atom stereocenters. The molecule has 0 radical (unpaired) electrons. The molecule has 4 heterocycles. The third-order valence-corrected chi connectivity index (χ3v) is 3.92. The average molecular weight is 348 g/mol. The summed E-state index contributed by atoms with van der Waals surface area (Å²) in [7, 11) is 1.84. The van der Waals surface area contributed by atoms with Crippen LogP contribution in [0.3, 0.4) is 0 Å². The molecule has 0 aliphatic rings. The van der Waals surface area contributed by atoms with Crippen LogP contribution in [0.15, 0.2) is 41.6 Å². The van der Waals surface area contributed by atoms with E-state index in [0.717, 1.165) is 11.1 Å². The van der Waals surface area contributed by atoms with Gasteiger partial charge < -0.3 is 10.3 Å². The second-order valence-electron chi connectivity index (χ2n) is 5.77. The first-order valence-corrected chi connectivity index (χ1v) is 8.02. The lowest BCUT2D eigenvalue weighted by atomic mass is 10.2. The number of anilines is 1. The molecule has 0 aliphatic carbocycles. The highest BCUT2D eigenvalue weighted by atomic mass is 16.1. The van der Waals surface area contributed by atoms with Crippen molar-refractivity contribution < 1.29 is 0 Å². The van der Waals surface area contributed by atoms with E-state index in [0.29, 0.717) is 35.2 Å². The molecule has 4 aromatic heterocycles. The third-order valence-electron chi connectivity index (χ3n) is 3.92. The molecule has 0 saturated heterocycles. The summed E-state index contributed by atoms with van der Waals surface area (Å²) >= 11 is 0. The number of hydrogen-bond donors (Lipinski definition) is 2. The zero-order chi connectivity index (χ0) is 18.1. The molecule has 2 N–H and O–H groups in total. The molecule has 9 heteroatoms. The standard InChI is InChI=1S/C17H16N8O/c1-10-14-16(19-8-11-7-13(26)21-9-20-11)22-15(12-5-3-4-6-18-12)23-17(14)25(2)24-10/h3-7,9H,8H2,1-2H3,(H,19,22,23)(H,20,21,26). The molecule has 0 saturated carbocycles. The molecule has 0 fully saturated rings. The topological polar surface area (TPSA) is 114 Å². The summed E-state index contributed by atoms with van der Waals surface area (Å²) in [6.45, 7) is 2.26. The van der Waals surface area contributed by atoms with Gasteiger partial charge in [-0.2, -0.15) is 5.10 Å². The van der Waals surface area contributed by atoms with E-state index in [4.69, 9.17) is 0 Å². The number of fused-ring (bicyclic) bond motifs is 1. The van der Waals surface area contributed by atoms with E-state index in [1.165, 1.54) is 12.4 Å². The van der Waals surface area contributed by atoms with Gasteiger partial charge in [0, 0.05) is 19.3 Å². The molecule has 4 rings (SSSR count). The van der Waals surface area contributed by atoms with Crippen LogP contribution in [-0.2, 0) is 13.6 Å². The van der Waals surface area contributed by atoms with E-state index in [1.807, 2.05) is 32.2 Å². The summed E-state index contributed by atoms with van der Waals surface area (Å²) in [5, 5.41) is 8.52. The fourth-order valence-electron chi connectivity index (χ4n) is 2.76. The zero-order valence-corrected chi connectivity index (χ0v) is 14.3. The molecule has 4 aromatic rings. The van der Waals surface area contributed by atoms with Crippen molar-refractivity contribution in [3.8, 4) is 11.5 Å². The van der Waals surface area contributed by atoms with Crippen LogP contribution in [0, 0.1) is 6.92 Å². The summed E-state index contributed by atoms with van der Waals surface area (Å²) in [4.78, 5) is 31.7. The lowest BCUT2D eigenvalue weighted by molar-refractivity contribution is 0.773. The van der Waals surface area contributed by atoms with Crippen LogP contribution in [0.4, 0.5) is 5.82 Å². The number of nitrogens with zero attached hydrogens (tertiary/aromatic N) is 6. The molecule has 0 unspecified atom stereocenters. The van der Waals surface area contributed by atoms with Gasteiger partial charge in [0.1, 0.15) is 11.5 Å². The Morgan fingerprint density at radius 2 is 2.12 bits per heavy atom. The van der Waals surface area contributed by atoms with Crippen molar-refractivity contribution in [1.29, 1.82) is 0 Å². The smallest absolute Gasteiger partial charge is 0.250 e. The Kier molecular flexibility index (Phi) is 3.88. The predicted molar refractivity (Wildman–Crippen MR) is 96.5 cm³/mol. The highest BCUT2D eigenvalue weighted by Gasteiger charge is 2.16. The zero-order valence-electron chi connectivity index (χ0n) is 14.3. The summed E-state index contributed by atoms with van der Waals surface area (Å²) in [5.41, 5.74) is 2.61. The molecule has 0 amide bonds. The van der Waals surface area contributed by atoms with Gasteiger partial charge in [0.2, 0.25) is 0 Å². The molecule has 0 aliphatic heterocycles. The molecule has 0 spiro atoms. The van der Waals surface area contributed by atoms with E-state index in [-0.39, 0.29) is 5.56 Å². The molecule has 0 bridgehead atoms. The van der Waals surface area contributed by atoms with Crippen molar-refractivity contribution in [2.45, 2.75) is 13.5 Å². The fraction of sp³-hybridized carbons (Fsp3) is 0.176. The number of H-pyrrole nitrogens is 1. The van der Waals surface area contributed by atoms with Gasteiger partial charge in [-0.25, -0.2) is 15.0 Å². The largest absolute Gasteiger partial charge is 0.364 e. The quantitative estimate of drug-likeness (QED) is 0.573. The summed E-state index contributed by atoms with van der Waals surface area (Å²) in [6, 6.07) is 7.03. The van der Waals surface area contributed by atoms with Gasteiger partial charge in [0.05, 0.1) is 29.6 Å². The van der Waals surface area contributed by atoms with E-state index in [1.54, 1.807) is 10.9 Å². The Bertz CT molecular complexity index is 1130. The van der Waals surface area contributed by atoms with Crippen LogP contribution in [0.2, 0.25) is 0 Å². The number of aromatic amines is 1.